The highest BCUT2D eigenvalue weighted by atomic mass is 19.1. The van der Waals surface area contributed by atoms with Gasteiger partial charge in [-0.1, -0.05) is 5.16 Å². The molecule has 0 aliphatic rings. The van der Waals surface area contributed by atoms with Gasteiger partial charge in [0.25, 0.3) is 5.91 Å². The summed E-state index contributed by atoms with van der Waals surface area (Å²) in [7, 11) is 0. The molecule has 8 nitrogen and oxygen atoms in total. The molecule has 0 spiro atoms. The number of aromatic nitrogens is 3. The number of halogens is 1. The summed E-state index contributed by atoms with van der Waals surface area (Å²) in [5.41, 5.74) is 2.23. The Kier molecular flexibility index (Phi) is 6.26. The molecule has 2 N–H and O–H groups in total. The third kappa shape index (κ3) is 5.39. The first-order valence-electron chi connectivity index (χ1n) is 9.77. The van der Waals surface area contributed by atoms with Gasteiger partial charge >= 0.3 is 0 Å². The molecule has 2 aromatic heterocycles. The maximum atomic E-state index is 13.0. The Morgan fingerprint density at radius 3 is 2.44 bits per heavy atom. The van der Waals surface area contributed by atoms with Crippen molar-refractivity contribution in [3.05, 3.63) is 90.3 Å². The van der Waals surface area contributed by atoms with Crippen LogP contribution in [0.5, 0.6) is 0 Å². The highest BCUT2D eigenvalue weighted by Gasteiger charge is 2.12. The molecule has 0 aliphatic heterocycles. The largest absolute Gasteiger partial charge is 0.339 e. The molecular formula is C23H18FN5O3. The van der Waals surface area contributed by atoms with Crippen molar-refractivity contribution in [2.75, 3.05) is 10.6 Å². The summed E-state index contributed by atoms with van der Waals surface area (Å²) in [6, 6.07) is 15.7. The predicted octanol–water partition coefficient (Wildman–Crippen LogP) is 4.09. The fourth-order valence-electron chi connectivity index (χ4n) is 2.86. The van der Waals surface area contributed by atoms with E-state index in [-0.39, 0.29) is 30.5 Å². The van der Waals surface area contributed by atoms with Gasteiger partial charge in [-0.2, -0.15) is 4.98 Å². The minimum atomic E-state index is -0.351. The Bertz CT molecular complexity index is 1210. The van der Waals surface area contributed by atoms with Gasteiger partial charge in [-0.3, -0.25) is 14.6 Å². The molecule has 160 valence electrons. The average Bonchev–Trinajstić information content (AvgIpc) is 3.28. The van der Waals surface area contributed by atoms with Gasteiger partial charge in [0.05, 0.1) is 11.9 Å². The van der Waals surface area contributed by atoms with E-state index in [0.717, 1.165) is 0 Å². The molecule has 2 heterocycles. The van der Waals surface area contributed by atoms with Crippen molar-refractivity contribution in [1.29, 1.82) is 0 Å². The minimum Gasteiger partial charge on any atom is -0.339 e. The summed E-state index contributed by atoms with van der Waals surface area (Å²) < 4.78 is 18.2. The third-order valence-electron chi connectivity index (χ3n) is 4.49. The van der Waals surface area contributed by atoms with Crippen LogP contribution < -0.4 is 10.6 Å². The van der Waals surface area contributed by atoms with Crippen LogP contribution in [-0.2, 0) is 11.2 Å². The van der Waals surface area contributed by atoms with Gasteiger partial charge in [-0.25, -0.2) is 4.39 Å². The van der Waals surface area contributed by atoms with E-state index in [1.807, 2.05) is 0 Å². The molecule has 0 fully saturated rings. The van der Waals surface area contributed by atoms with E-state index in [0.29, 0.717) is 34.2 Å². The Hall–Kier alpha value is -4.40. The molecular weight excluding hydrogens is 413 g/mol. The van der Waals surface area contributed by atoms with E-state index in [1.54, 1.807) is 60.9 Å². The van der Waals surface area contributed by atoms with Crippen LogP contribution in [0.3, 0.4) is 0 Å². The number of carbonyl (C=O) groups is 2. The summed E-state index contributed by atoms with van der Waals surface area (Å²) in [4.78, 5) is 32.7. The van der Waals surface area contributed by atoms with E-state index in [1.165, 1.54) is 12.1 Å². The summed E-state index contributed by atoms with van der Waals surface area (Å²) in [6.45, 7) is 0. The van der Waals surface area contributed by atoms with Crippen LogP contribution >= 0.6 is 0 Å². The lowest BCUT2D eigenvalue weighted by atomic mass is 10.2. The molecule has 32 heavy (non-hydrogen) atoms. The second kappa shape index (κ2) is 9.61. The number of amides is 2. The van der Waals surface area contributed by atoms with E-state index < -0.39 is 0 Å². The fraction of sp³-hybridized carbons (Fsp3) is 0.0870. The first-order chi connectivity index (χ1) is 15.6. The summed E-state index contributed by atoms with van der Waals surface area (Å²) in [5, 5.41) is 9.36. The van der Waals surface area contributed by atoms with Gasteiger partial charge < -0.3 is 15.2 Å². The summed E-state index contributed by atoms with van der Waals surface area (Å²) >= 11 is 0. The molecule has 0 aliphatic carbocycles. The SMILES string of the molecule is O=C(CCc1nc(-c2ccc(F)cc2)no1)Nc1ccc(C(=O)Nc2cccnc2)cc1. The molecule has 2 aromatic carbocycles. The molecule has 4 rings (SSSR count). The zero-order valence-corrected chi connectivity index (χ0v) is 16.8. The van der Waals surface area contributed by atoms with E-state index in [2.05, 4.69) is 25.8 Å². The van der Waals surface area contributed by atoms with Gasteiger partial charge in [0.2, 0.25) is 17.6 Å². The molecule has 2 amide bonds. The van der Waals surface area contributed by atoms with Crippen LogP contribution in [-0.4, -0.2) is 26.9 Å². The van der Waals surface area contributed by atoms with Crippen molar-refractivity contribution < 1.29 is 18.5 Å². The maximum Gasteiger partial charge on any atom is 0.255 e. The second-order valence-electron chi connectivity index (χ2n) is 6.84. The topological polar surface area (TPSA) is 110 Å². The van der Waals surface area contributed by atoms with Gasteiger partial charge in [-0.05, 0) is 60.7 Å². The normalized spacial score (nSPS) is 10.5. The van der Waals surface area contributed by atoms with Crippen molar-refractivity contribution in [3.8, 4) is 11.4 Å². The van der Waals surface area contributed by atoms with Crippen LogP contribution in [0.15, 0.2) is 77.6 Å². The Morgan fingerprint density at radius 1 is 0.938 bits per heavy atom. The van der Waals surface area contributed by atoms with E-state index in [4.69, 9.17) is 4.52 Å². The van der Waals surface area contributed by atoms with Gasteiger partial charge in [-0.15, -0.1) is 0 Å². The number of aryl methyl sites for hydroxylation is 1. The van der Waals surface area contributed by atoms with Crippen molar-refractivity contribution >= 4 is 23.2 Å². The van der Waals surface area contributed by atoms with Crippen LogP contribution in [0.2, 0.25) is 0 Å². The standard InChI is InChI=1S/C23H18FN5O3/c24-17-7-3-15(4-8-17)22-28-21(32-29-22)12-11-20(30)26-18-9-5-16(6-10-18)23(31)27-19-2-1-13-25-14-19/h1-10,13-14H,11-12H2,(H,26,30)(H,27,31). The van der Waals surface area contributed by atoms with Crippen LogP contribution in [0.4, 0.5) is 15.8 Å². The number of nitrogens with zero attached hydrogens (tertiary/aromatic N) is 3. The number of benzene rings is 2. The molecule has 0 bridgehead atoms. The Labute approximate surface area is 182 Å². The lowest BCUT2D eigenvalue weighted by Crippen LogP contribution is -2.14. The third-order valence-corrected chi connectivity index (χ3v) is 4.49. The number of hydrogen-bond acceptors (Lipinski definition) is 6. The van der Waals surface area contributed by atoms with Gasteiger partial charge in [0, 0.05) is 35.9 Å². The molecule has 9 heteroatoms. The summed E-state index contributed by atoms with van der Waals surface area (Å²) in [5.74, 6) is -0.220. The number of pyridine rings is 1. The zero-order chi connectivity index (χ0) is 22.3. The predicted molar refractivity (Wildman–Crippen MR) is 115 cm³/mol. The van der Waals surface area contributed by atoms with Crippen LogP contribution in [0.1, 0.15) is 22.7 Å². The number of nitrogens with one attached hydrogen (secondary N) is 2. The first kappa shape index (κ1) is 20.9. The Morgan fingerprint density at radius 2 is 1.72 bits per heavy atom. The van der Waals surface area contributed by atoms with E-state index in [9.17, 15) is 14.0 Å². The molecule has 4 aromatic rings. The molecule has 0 saturated heterocycles. The van der Waals surface area contributed by atoms with Gasteiger partial charge in [0.1, 0.15) is 5.82 Å². The highest BCUT2D eigenvalue weighted by molar-refractivity contribution is 6.04. The number of rotatable bonds is 7. The Balaban J connectivity index is 1.28. The van der Waals surface area contributed by atoms with Crippen LogP contribution in [0, 0.1) is 5.82 Å². The van der Waals surface area contributed by atoms with Crippen molar-refractivity contribution in [2.45, 2.75) is 12.8 Å². The van der Waals surface area contributed by atoms with Gasteiger partial charge in [0.15, 0.2) is 0 Å². The second-order valence-corrected chi connectivity index (χ2v) is 6.84. The lowest BCUT2D eigenvalue weighted by molar-refractivity contribution is -0.116. The quantitative estimate of drug-likeness (QED) is 0.456. The monoisotopic (exact) mass is 431 g/mol. The van der Waals surface area contributed by atoms with Crippen LogP contribution in [0.25, 0.3) is 11.4 Å². The number of anilines is 2. The fourth-order valence-corrected chi connectivity index (χ4v) is 2.86. The van der Waals surface area contributed by atoms with E-state index >= 15 is 0 Å². The zero-order valence-electron chi connectivity index (χ0n) is 16.8. The lowest BCUT2D eigenvalue weighted by Gasteiger charge is -2.07. The smallest absolute Gasteiger partial charge is 0.255 e. The molecule has 0 atom stereocenters. The molecule has 0 radical (unpaired) electrons. The minimum absolute atomic E-state index is 0.133. The number of carbonyl (C=O) groups excluding carboxylic acids is 2. The maximum absolute atomic E-state index is 13.0. The van der Waals surface area contributed by atoms with Crippen molar-refractivity contribution in [3.63, 3.8) is 0 Å². The number of hydrogen-bond donors (Lipinski definition) is 2. The highest BCUT2D eigenvalue weighted by Crippen LogP contribution is 2.17. The first-order valence-corrected chi connectivity index (χ1v) is 9.77. The summed E-state index contributed by atoms with van der Waals surface area (Å²) in [6.07, 6.45) is 3.56. The molecule has 0 unspecified atom stereocenters. The molecule has 0 saturated carbocycles. The van der Waals surface area contributed by atoms with Crippen molar-refractivity contribution in [1.82, 2.24) is 15.1 Å². The van der Waals surface area contributed by atoms with Crippen molar-refractivity contribution in [2.24, 2.45) is 0 Å². The average molecular weight is 431 g/mol.